The van der Waals surface area contributed by atoms with Gasteiger partial charge in [-0.1, -0.05) is 0 Å². The van der Waals surface area contributed by atoms with Gasteiger partial charge in [0.05, 0.1) is 23.5 Å². The van der Waals surface area contributed by atoms with Gasteiger partial charge in [-0.2, -0.15) is 5.10 Å². The molecule has 5 nitrogen and oxygen atoms in total. The topological polar surface area (TPSA) is 56.3 Å². The van der Waals surface area contributed by atoms with Crippen molar-refractivity contribution in [3.05, 3.63) is 12.4 Å². The average Bonchev–Trinajstić information content (AvgIpc) is 2.89. The molecule has 2 heterocycles. The van der Waals surface area contributed by atoms with Crippen LogP contribution in [0.1, 0.15) is 25.7 Å². The fourth-order valence-corrected chi connectivity index (χ4v) is 4.04. The summed E-state index contributed by atoms with van der Waals surface area (Å²) in [6.07, 6.45) is 1.50. The highest BCUT2D eigenvalue weighted by Crippen LogP contribution is 2.63. The quantitative estimate of drug-likeness (QED) is 0.921. The van der Waals surface area contributed by atoms with Crippen molar-refractivity contribution < 1.29 is 17.9 Å². The Kier molecular flexibility index (Phi) is 2.50. The fourth-order valence-electron chi connectivity index (χ4n) is 4.04. The second-order valence-electron chi connectivity index (χ2n) is 6.68. The van der Waals surface area contributed by atoms with Gasteiger partial charge < -0.3 is 10.6 Å². The molecule has 4 fully saturated rings. The molecule has 116 valence electrons. The summed E-state index contributed by atoms with van der Waals surface area (Å²) in [6, 6.07) is 0. The monoisotopic (exact) mass is 302 g/mol. The lowest BCUT2D eigenvalue weighted by Crippen LogP contribution is -2.76. The number of ether oxygens (including phenoxy) is 1. The number of hydrogen-bond acceptors (Lipinski definition) is 4. The largest absolute Gasteiger partial charge is 0.522 e. The Hall–Kier alpha value is -1.28. The molecule has 21 heavy (non-hydrogen) atoms. The highest BCUT2D eigenvalue weighted by Gasteiger charge is 2.67. The predicted molar refractivity (Wildman–Crippen MR) is 68.7 cm³/mol. The van der Waals surface area contributed by atoms with Gasteiger partial charge in [0, 0.05) is 24.8 Å². The van der Waals surface area contributed by atoms with Crippen LogP contribution in [0.3, 0.4) is 0 Å². The van der Waals surface area contributed by atoms with E-state index < -0.39 is 12.5 Å². The number of aromatic nitrogens is 2. The molecule has 1 atom stereocenters. The first kappa shape index (κ1) is 13.4. The molecular formula is C13H17F3N4O. The summed E-state index contributed by atoms with van der Waals surface area (Å²) >= 11 is 0. The molecule has 2 N–H and O–H groups in total. The average molecular weight is 302 g/mol. The summed E-state index contributed by atoms with van der Waals surface area (Å²) in [7, 11) is 0. The van der Waals surface area contributed by atoms with Crippen molar-refractivity contribution in [3.63, 3.8) is 0 Å². The SMILES string of the molecule is NC12CC(n3cc(N4CCC(OC(F)(F)F)C4)cn3)(C1)C2. The minimum atomic E-state index is -4.56. The number of nitrogens with two attached hydrogens (primary N) is 1. The number of hydrogen-bond donors (Lipinski definition) is 1. The molecule has 3 saturated carbocycles. The Morgan fingerprint density at radius 3 is 2.67 bits per heavy atom. The molecule has 8 heteroatoms. The van der Waals surface area contributed by atoms with E-state index in [0.717, 1.165) is 24.9 Å². The minimum Gasteiger partial charge on any atom is -0.366 e. The maximum atomic E-state index is 12.2. The van der Waals surface area contributed by atoms with Crippen LogP contribution in [0.15, 0.2) is 12.4 Å². The zero-order chi connectivity index (χ0) is 14.9. The second kappa shape index (κ2) is 3.92. The van der Waals surface area contributed by atoms with Crippen LogP contribution in [0, 0.1) is 0 Å². The lowest BCUT2D eigenvalue weighted by Gasteiger charge is -2.68. The molecule has 1 aromatic heterocycles. The third kappa shape index (κ3) is 2.12. The van der Waals surface area contributed by atoms with Gasteiger partial charge in [-0.15, -0.1) is 13.2 Å². The first-order valence-corrected chi connectivity index (χ1v) is 7.11. The molecule has 4 aliphatic rings. The lowest BCUT2D eigenvalue weighted by molar-refractivity contribution is -0.339. The number of anilines is 1. The number of alkyl halides is 3. The van der Waals surface area contributed by atoms with Gasteiger partial charge in [0.15, 0.2) is 0 Å². The first-order valence-electron chi connectivity index (χ1n) is 7.11. The van der Waals surface area contributed by atoms with Crippen molar-refractivity contribution in [2.75, 3.05) is 18.0 Å². The Labute approximate surface area is 119 Å². The number of nitrogens with zero attached hydrogens (tertiary/aromatic N) is 3. The van der Waals surface area contributed by atoms with E-state index in [-0.39, 0.29) is 17.6 Å². The highest BCUT2D eigenvalue weighted by molar-refractivity contribution is 5.44. The van der Waals surface area contributed by atoms with Crippen molar-refractivity contribution in [3.8, 4) is 0 Å². The Morgan fingerprint density at radius 2 is 2.05 bits per heavy atom. The van der Waals surface area contributed by atoms with E-state index in [1.54, 1.807) is 6.20 Å². The molecular weight excluding hydrogens is 285 g/mol. The number of rotatable bonds is 3. The van der Waals surface area contributed by atoms with E-state index >= 15 is 0 Å². The molecule has 0 radical (unpaired) electrons. The molecule has 5 rings (SSSR count). The summed E-state index contributed by atoms with van der Waals surface area (Å²) in [5, 5.41) is 4.38. The highest BCUT2D eigenvalue weighted by atomic mass is 19.4. The molecule has 0 spiro atoms. The van der Waals surface area contributed by atoms with E-state index in [2.05, 4.69) is 9.84 Å². The second-order valence-corrected chi connectivity index (χ2v) is 6.68. The van der Waals surface area contributed by atoms with Gasteiger partial charge in [-0.05, 0) is 25.7 Å². The van der Waals surface area contributed by atoms with Gasteiger partial charge in [0.25, 0.3) is 0 Å². The van der Waals surface area contributed by atoms with E-state index in [9.17, 15) is 13.2 Å². The maximum Gasteiger partial charge on any atom is 0.522 e. The molecule has 3 aliphatic carbocycles. The van der Waals surface area contributed by atoms with Gasteiger partial charge in [0.2, 0.25) is 0 Å². The van der Waals surface area contributed by atoms with Crippen LogP contribution in [0.4, 0.5) is 18.9 Å². The maximum absolute atomic E-state index is 12.2. The van der Waals surface area contributed by atoms with Crippen LogP contribution in [0.2, 0.25) is 0 Å². The minimum absolute atomic E-state index is 0.00536. The van der Waals surface area contributed by atoms with Crippen LogP contribution in [-0.4, -0.2) is 40.9 Å². The molecule has 0 aromatic carbocycles. The van der Waals surface area contributed by atoms with E-state index in [4.69, 9.17) is 5.73 Å². The Bertz CT molecular complexity index is 550. The molecule has 1 aromatic rings. The normalized spacial score (nSPS) is 38.3. The van der Waals surface area contributed by atoms with Gasteiger partial charge in [0.1, 0.15) is 0 Å². The first-order chi connectivity index (χ1) is 9.77. The van der Waals surface area contributed by atoms with Crippen molar-refractivity contribution in [2.45, 2.75) is 49.2 Å². The van der Waals surface area contributed by atoms with Crippen LogP contribution >= 0.6 is 0 Å². The van der Waals surface area contributed by atoms with Crippen molar-refractivity contribution in [2.24, 2.45) is 5.73 Å². The van der Waals surface area contributed by atoms with E-state index in [1.165, 1.54) is 0 Å². The molecule has 1 saturated heterocycles. The third-order valence-corrected chi connectivity index (χ3v) is 4.91. The molecule has 1 unspecified atom stereocenters. The van der Waals surface area contributed by atoms with Crippen LogP contribution < -0.4 is 10.6 Å². The molecule has 2 bridgehead atoms. The van der Waals surface area contributed by atoms with Gasteiger partial charge >= 0.3 is 6.36 Å². The predicted octanol–water partition coefficient (Wildman–Crippen LogP) is 1.59. The van der Waals surface area contributed by atoms with Crippen molar-refractivity contribution >= 4 is 5.69 Å². The van der Waals surface area contributed by atoms with Crippen molar-refractivity contribution in [1.29, 1.82) is 0 Å². The number of halogens is 3. The lowest BCUT2D eigenvalue weighted by atomic mass is 9.45. The Morgan fingerprint density at radius 1 is 1.33 bits per heavy atom. The van der Waals surface area contributed by atoms with E-state index in [1.807, 2.05) is 15.8 Å². The van der Waals surface area contributed by atoms with Crippen LogP contribution in [-0.2, 0) is 10.3 Å². The fraction of sp³-hybridized carbons (Fsp3) is 0.769. The third-order valence-electron chi connectivity index (χ3n) is 4.91. The van der Waals surface area contributed by atoms with Crippen molar-refractivity contribution in [1.82, 2.24) is 9.78 Å². The smallest absolute Gasteiger partial charge is 0.366 e. The van der Waals surface area contributed by atoms with Gasteiger partial charge in [-0.25, -0.2) is 0 Å². The summed E-state index contributed by atoms with van der Waals surface area (Å²) < 4.78 is 42.7. The van der Waals surface area contributed by atoms with E-state index in [0.29, 0.717) is 13.0 Å². The zero-order valence-electron chi connectivity index (χ0n) is 11.4. The Balaban J connectivity index is 1.41. The van der Waals surface area contributed by atoms with Gasteiger partial charge in [-0.3, -0.25) is 9.42 Å². The zero-order valence-corrected chi connectivity index (χ0v) is 11.4. The summed E-state index contributed by atoms with van der Waals surface area (Å²) in [6.45, 7) is 0.805. The van der Waals surface area contributed by atoms with Crippen LogP contribution in [0.5, 0.6) is 0 Å². The standard InChI is InChI=1S/C13H17F3N4O/c14-13(15,16)21-10-1-2-19(5-10)9-3-18-20(4-9)12-6-11(17,7-12)8-12/h3-4,10H,1-2,5-8,17H2. The molecule has 1 aliphatic heterocycles. The van der Waals surface area contributed by atoms with Crippen LogP contribution in [0.25, 0.3) is 0 Å². The summed E-state index contributed by atoms with van der Waals surface area (Å²) in [5.74, 6) is 0. The molecule has 0 amide bonds. The summed E-state index contributed by atoms with van der Waals surface area (Å²) in [4.78, 5) is 1.89. The summed E-state index contributed by atoms with van der Waals surface area (Å²) in [5.41, 5.74) is 6.97.